The normalized spacial score (nSPS) is 11.7. The number of thioether (sulfide) groups is 1. The maximum atomic E-state index is 12.2. The highest BCUT2D eigenvalue weighted by atomic mass is 32.2. The Morgan fingerprint density at radius 2 is 1.79 bits per heavy atom. The van der Waals surface area contributed by atoms with Crippen LogP contribution in [0.15, 0.2) is 59.8 Å². The van der Waals surface area contributed by atoms with E-state index in [4.69, 9.17) is 9.47 Å². The lowest BCUT2D eigenvalue weighted by molar-refractivity contribution is -0.113. The maximum absolute atomic E-state index is 12.2. The van der Waals surface area contributed by atoms with Gasteiger partial charge in [0, 0.05) is 12.2 Å². The van der Waals surface area contributed by atoms with E-state index in [2.05, 4.69) is 15.5 Å². The monoisotopic (exact) mass is 412 g/mol. The Morgan fingerprint density at radius 3 is 2.45 bits per heavy atom. The van der Waals surface area contributed by atoms with Crippen molar-refractivity contribution in [2.75, 3.05) is 18.2 Å². The average molecular weight is 413 g/mol. The first-order valence-electron chi connectivity index (χ1n) is 9.32. The lowest BCUT2D eigenvalue weighted by Crippen LogP contribution is -2.15. The Balaban J connectivity index is 1.62. The fraction of sp³-hybridized carbons (Fsp3) is 0.286. The highest BCUT2D eigenvalue weighted by Gasteiger charge is 2.19. The molecule has 3 rings (SSSR count). The minimum Gasteiger partial charge on any atom is -0.497 e. The van der Waals surface area contributed by atoms with Gasteiger partial charge in [0.05, 0.1) is 12.9 Å². The number of benzene rings is 2. The first-order valence-corrected chi connectivity index (χ1v) is 10.3. The number of hydrogen-bond donors (Lipinski definition) is 1. The third-order valence-electron chi connectivity index (χ3n) is 4.19. The molecule has 0 saturated carbocycles. The van der Waals surface area contributed by atoms with Crippen molar-refractivity contribution in [3.63, 3.8) is 0 Å². The van der Waals surface area contributed by atoms with Gasteiger partial charge in [-0.1, -0.05) is 30.0 Å². The van der Waals surface area contributed by atoms with Crippen molar-refractivity contribution < 1.29 is 14.3 Å². The first kappa shape index (κ1) is 20.7. The van der Waals surface area contributed by atoms with Crippen molar-refractivity contribution in [1.29, 1.82) is 0 Å². The summed E-state index contributed by atoms with van der Waals surface area (Å²) in [6.45, 7) is 4.62. The van der Waals surface area contributed by atoms with Gasteiger partial charge in [-0.25, -0.2) is 0 Å². The van der Waals surface area contributed by atoms with E-state index in [1.807, 2.05) is 73.0 Å². The van der Waals surface area contributed by atoms with Gasteiger partial charge >= 0.3 is 0 Å². The van der Waals surface area contributed by atoms with Crippen LogP contribution < -0.4 is 14.8 Å². The number of anilines is 1. The molecule has 0 radical (unpaired) electrons. The van der Waals surface area contributed by atoms with Gasteiger partial charge in [-0.2, -0.15) is 0 Å². The Morgan fingerprint density at radius 1 is 1.10 bits per heavy atom. The topological polar surface area (TPSA) is 78.3 Å². The summed E-state index contributed by atoms with van der Waals surface area (Å²) in [5, 5.41) is 12.1. The van der Waals surface area contributed by atoms with E-state index < -0.39 is 0 Å². The third-order valence-corrected chi connectivity index (χ3v) is 5.15. The minimum absolute atomic E-state index is 0.0871. The summed E-state index contributed by atoms with van der Waals surface area (Å²) >= 11 is 1.35. The molecule has 0 spiro atoms. The van der Waals surface area contributed by atoms with Crippen LogP contribution in [-0.4, -0.2) is 33.5 Å². The van der Waals surface area contributed by atoms with E-state index in [1.165, 1.54) is 11.8 Å². The molecule has 0 aliphatic rings. The van der Waals surface area contributed by atoms with Crippen molar-refractivity contribution >= 4 is 23.4 Å². The summed E-state index contributed by atoms with van der Waals surface area (Å²) in [6.07, 6.45) is -0.289. The number of rotatable bonds is 9. The van der Waals surface area contributed by atoms with Gasteiger partial charge in [-0.15, -0.1) is 10.2 Å². The van der Waals surface area contributed by atoms with Crippen LogP contribution in [-0.2, 0) is 11.3 Å². The molecule has 29 heavy (non-hydrogen) atoms. The van der Waals surface area contributed by atoms with E-state index in [0.717, 1.165) is 17.2 Å². The standard InChI is InChI=1S/C21H24N4O3S/c1-4-25-20(15(2)28-18-12-10-17(27-3)11-13-18)23-24-21(25)29-14-19(26)22-16-8-6-5-7-9-16/h5-13,15H,4,14H2,1-3H3,(H,22,26). The fourth-order valence-electron chi connectivity index (χ4n) is 2.76. The number of amides is 1. The second-order valence-corrected chi connectivity index (χ2v) is 7.17. The molecule has 0 saturated heterocycles. The quantitative estimate of drug-likeness (QED) is 0.531. The lowest BCUT2D eigenvalue weighted by Gasteiger charge is -2.15. The van der Waals surface area contributed by atoms with Crippen LogP contribution in [0.3, 0.4) is 0 Å². The molecule has 0 aliphatic carbocycles. The molecule has 1 heterocycles. The van der Waals surface area contributed by atoms with E-state index >= 15 is 0 Å². The molecule has 1 aromatic heterocycles. The van der Waals surface area contributed by atoms with E-state index in [-0.39, 0.29) is 17.8 Å². The SMILES string of the molecule is CCn1c(SCC(=O)Nc2ccccc2)nnc1C(C)Oc1ccc(OC)cc1. The number of hydrogen-bond acceptors (Lipinski definition) is 6. The zero-order chi connectivity index (χ0) is 20.6. The van der Waals surface area contributed by atoms with Gasteiger partial charge in [0.2, 0.25) is 5.91 Å². The van der Waals surface area contributed by atoms with Gasteiger partial charge in [0.15, 0.2) is 17.1 Å². The van der Waals surface area contributed by atoms with Crippen molar-refractivity contribution in [3.8, 4) is 11.5 Å². The fourth-order valence-corrected chi connectivity index (χ4v) is 3.57. The summed E-state index contributed by atoms with van der Waals surface area (Å²) in [6, 6.07) is 16.8. The smallest absolute Gasteiger partial charge is 0.234 e. The van der Waals surface area contributed by atoms with Crippen LogP contribution in [0.2, 0.25) is 0 Å². The molecule has 1 amide bonds. The molecular formula is C21H24N4O3S. The van der Waals surface area contributed by atoms with Crippen LogP contribution in [0.25, 0.3) is 0 Å². The molecule has 2 aromatic carbocycles. The Hall–Kier alpha value is -3.00. The molecule has 0 aliphatic heterocycles. The molecule has 8 heteroatoms. The average Bonchev–Trinajstić information content (AvgIpc) is 3.16. The van der Waals surface area contributed by atoms with Gasteiger partial charge in [0.1, 0.15) is 11.5 Å². The Kier molecular flexibility index (Phi) is 7.13. The van der Waals surface area contributed by atoms with Gasteiger partial charge in [-0.3, -0.25) is 4.79 Å². The summed E-state index contributed by atoms with van der Waals surface area (Å²) in [5.74, 6) is 2.38. The van der Waals surface area contributed by atoms with Gasteiger partial charge in [0.25, 0.3) is 0 Å². The maximum Gasteiger partial charge on any atom is 0.234 e. The lowest BCUT2D eigenvalue weighted by atomic mass is 10.3. The molecule has 0 bridgehead atoms. The number of para-hydroxylation sites is 1. The second-order valence-electron chi connectivity index (χ2n) is 6.22. The van der Waals surface area contributed by atoms with Crippen LogP contribution in [0, 0.1) is 0 Å². The predicted molar refractivity (Wildman–Crippen MR) is 114 cm³/mol. The molecule has 152 valence electrons. The largest absolute Gasteiger partial charge is 0.497 e. The number of nitrogens with zero attached hydrogens (tertiary/aromatic N) is 3. The Labute approximate surface area is 174 Å². The summed E-state index contributed by atoms with van der Waals surface area (Å²) < 4.78 is 13.1. The van der Waals surface area contributed by atoms with E-state index in [0.29, 0.717) is 17.5 Å². The number of carbonyl (C=O) groups excluding carboxylic acids is 1. The van der Waals surface area contributed by atoms with Crippen LogP contribution >= 0.6 is 11.8 Å². The molecular weight excluding hydrogens is 388 g/mol. The number of carbonyl (C=O) groups is 1. The summed E-state index contributed by atoms with van der Waals surface area (Å²) in [4.78, 5) is 12.2. The third kappa shape index (κ3) is 5.51. The van der Waals surface area contributed by atoms with Crippen molar-refractivity contribution in [3.05, 3.63) is 60.4 Å². The molecule has 0 fully saturated rings. The van der Waals surface area contributed by atoms with Crippen LogP contribution in [0.1, 0.15) is 25.8 Å². The molecule has 3 aromatic rings. The van der Waals surface area contributed by atoms with Crippen molar-refractivity contribution in [1.82, 2.24) is 14.8 Å². The Bertz CT molecular complexity index is 929. The first-order chi connectivity index (χ1) is 14.1. The number of aromatic nitrogens is 3. The van der Waals surface area contributed by atoms with Gasteiger partial charge < -0.3 is 19.4 Å². The van der Waals surface area contributed by atoms with Crippen LogP contribution in [0.4, 0.5) is 5.69 Å². The number of ether oxygens (including phenoxy) is 2. The summed E-state index contributed by atoms with van der Waals surface area (Å²) in [5.41, 5.74) is 0.775. The second kappa shape index (κ2) is 9.97. The van der Waals surface area contributed by atoms with E-state index in [9.17, 15) is 4.79 Å². The predicted octanol–water partition coefficient (Wildman–Crippen LogP) is 4.18. The van der Waals surface area contributed by atoms with Crippen molar-refractivity contribution in [2.24, 2.45) is 0 Å². The highest BCUT2D eigenvalue weighted by Crippen LogP contribution is 2.26. The van der Waals surface area contributed by atoms with E-state index in [1.54, 1.807) is 7.11 Å². The molecule has 1 N–H and O–H groups in total. The van der Waals surface area contributed by atoms with Crippen LogP contribution in [0.5, 0.6) is 11.5 Å². The molecule has 1 atom stereocenters. The van der Waals surface area contributed by atoms with Crippen molar-refractivity contribution in [2.45, 2.75) is 31.7 Å². The minimum atomic E-state index is -0.289. The molecule has 1 unspecified atom stereocenters. The molecule has 7 nitrogen and oxygen atoms in total. The zero-order valence-electron chi connectivity index (χ0n) is 16.7. The van der Waals surface area contributed by atoms with Gasteiger partial charge in [-0.05, 0) is 50.2 Å². The number of nitrogens with one attached hydrogen (secondary N) is 1. The zero-order valence-corrected chi connectivity index (χ0v) is 17.5. The summed E-state index contributed by atoms with van der Waals surface area (Å²) in [7, 11) is 1.63. The number of methoxy groups -OCH3 is 1. The highest BCUT2D eigenvalue weighted by molar-refractivity contribution is 7.99.